The van der Waals surface area contributed by atoms with E-state index in [4.69, 9.17) is 9.47 Å². The highest BCUT2D eigenvalue weighted by Crippen LogP contribution is 2.42. The fraction of sp³-hybridized carbons (Fsp3) is 0.480. The van der Waals surface area contributed by atoms with Gasteiger partial charge in [-0.15, -0.1) is 0 Å². The van der Waals surface area contributed by atoms with Crippen molar-refractivity contribution >= 4 is 5.91 Å². The topological polar surface area (TPSA) is 47.6 Å². The summed E-state index contributed by atoms with van der Waals surface area (Å²) in [6, 6.07) is 14.0. The van der Waals surface area contributed by atoms with Crippen LogP contribution in [0.25, 0.3) is 0 Å². The molecule has 1 aliphatic rings. The average molecular weight is 396 g/mol. The molecule has 2 unspecified atom stereocenters. The van der Waals surface area contributed by atoms with Crippen molar-refractivity contribution in [2.24, 2.45) is 0 Å². The summed E-state index contributed by atoms with van der Waals surface area (Å²) in [5.74, 6) is 1.56. The normalized spacial score (nSPS) is 18.3. The van der Waals surface area contributed by atoms with E-state index in [-0.39, 0.29) is 17.6 Å². The van der Waals surface area contributed by atoms with Crippen molar-refractivity contribution in [3.05, 3.63) is 59.2 Å². The van der Waals surface area contributed by atoms with Crippen LogP contribution in [-0.4, -0.2) is 17.6 Å². The van der Waals surface area contributed by atoms with Crippen LogP contribution in [0.15, 0.2) is 42.5 Å². The molecule has 3 rings (SSSR count). The summed E-state index contributed by atoms with van der Waals surface area (Å²) in [6.07, 6.45) is 2.66. The lowest BCUT2D eigenvalue weighted by Crippen LogP contribution is -2.47. The molecule has 2 atom stereocenters. The summed E-state index contributed by atoms with van der Waals surface area (Å²) in [5, 5.41) is 3.26. The van der Waals surface area contributed by atoms with Gasteiger partial charge in [0.25, 0.3) is 5.91 Å². The van der Waals surface area contributed by atoms with Gasteiger partial charge >= 0.3 is 0 Å². The molecule has 0 saturated carbocycles. The van der Waals surface area contributed by atoms with Gasteiger partial charge < -0.3 is 14.8 Å². The zero-order chi connectivity index (χ0) is 21.0. The Morgan fingerprint density at radius 1 is 1.17 bits per heavy atom. The van der Waals surface area contributed by atoms with E-state index in [1.54, 1.807) is 0 Å². The molecule has 0 bridgehead atoms. The van der Waals surface area contributed by atoms with E-state index in [0.717, 1.165) is 41.9 Å². The zero-order valence-corrected chi connectivity index (χ0v) is 18.2. The number of carbonyl (C=O) groups is 1. The molecule has 1 heterocycles. The maximum atomic E-state index is 13.1. The molecule has 156 valence electrons. The molecule has 0 saturated heterocycles. The van der Waals surface area contributed by atoms with Crippen LogP contribution in [0, 0.1) is 13.8 Å². The number of fused-ring (bicyclic) bond motifs is 1. The monoisotopic (exact) mass is 395 g/mol. The first-order valence-corrected chi connectivity index (χ1v) is 10.7. The number of hydrogen-bond acceptors (Lipinski definition) is 3. The van der Waals surface area contributed by atoms with Crippen LogP contribution in [-0.2, 0) is 4.79 Å². The van der Waals surface area contributed by atoms with E-state index in [1.165, 1.54) is 5.56 Å². The largest absolute Gasteiger partial charge is 0.487 e. The quantitative estimate of drug-likeness (QED) is 0.658. The smallest absolute Gasteiger partial charge is 0.261 e. The molecule has 4 heteroatoms. The van der Waals surface area contributed by atoms with Gasteiger partial charge in [0.05, 0.1) is 6.04 Å². The van der Waals surface area contributed by atoms with Crippen molar-refractivity contribution in [1.82, 2.24) is 5.32 Å². The number of aryl methyl sites for hydroxylation is 2. The van der Waals surface area contributed by atoms with E-state index >= 15 is 0 Å². The second-order valence-electron chi connectivity index (χ2n) is 8.08. The van der Waals surface area contributed by atoms with Crippen LogP contribution >= 0.6 is 0 Å². The lowest BCUT2D eigenvalue weighted by molar-refractivity contribution is -0.129. The molecule has 1 amide bonds. The summed E-state index contributed by atoms with van der Waals surface area (Å²) in [6.45, 7) is 10.3. The number of para-hydroxylation sites is 1. The minimum absolute atomic E-state index is 0.0738. The lowest BCUT2D eigenvalue weighted by atomic mass is 9.83. The molecule has 0 fully saturated rings. The van der Waals surface area contributed by atoms with Crippen molar-refractivity contribution in [2.45, 2.75) is 78.0 Å². The van der Waals surface area contributed by atoms with E-state index < -0.39 is 6.10 Å². The maximum absolute atomic E-state index is 13.1. The molecule has 0 aliphatic carbocycles. The Bertz CT molecular complexity index is 857. The van der Waals surface area contributed by atoms with Crippen LogP contribution in [0.3, 0.4) is 0 Å². The standard InChI is InChI=1S/C25H33NO3/c1-6-21(28-22-14-13-17(4)15-18(22)5)24(27)26-20-16-25(7-2,8-3)29-23-12-10-9-11-19(20)23/h9-15,20-21H,6-8,16H2,1-5H3,(H,26,27). The number of rotatable bonds is 7. The van der Waals surface area contributed by atoms with Crippen LogP contribution < -0.4 is 14.8 Å². The van der Waals surface area contributed by atoms with Crippen LogP contribution in [0.2, 0.25) is 0 Å². The Morgan fingerprint density at radius 3 is 2.55 bits per heavy atom. The van der Waals surface area contributed by atoms with Gasteiger partial charge in [0.1, 0.15) is 17.1 Å². The molecule has 4 nitrogen and oxygen atoms in total. The zero-order valence-electron chi connectivity index (χ0n) is 18.2. The molecule has 0 aromatic heterocycles. The molecule has 2 aromatic rings. The summed E-state index contributed by atoms with van der Waals surface area (Å²) < 4.78 is 12.5. The Balaban J connectivity index is 1.80. The van der Waals surface area contributed by atoms with Crippen molar-refractivity contribution < 1.29 is 14.3 Å². The highest BCUT2D eigenvalue weighted by atomic mass is 16.5. The first-order chi connectivity index (χ1) is 13.9. The highest BCUT2D eigenvalue weighted by Gasteiger charge is 2.39. The number of benzene rings is 2. The summed E-state index contributed by atoms with van der Waals surface area (Å²) >= 11 is 0. The second kappa shape index (κ2) is 8.89. The third-order valence-electron chi connectivity index (χ3n) is 6.07. The van der Waals surface area contributed by atoms with E-state index in [0.29, 0.717) is 6.42 Å². The summed E-state index contributed by atoms with van der Waals surface area (Å²) in [7, 11) is 0. The fourth-order valence-corrected chi connectivity index (χ4v) is 4.10. The molecule has 0 spiro atoms. The Kier molecular flexibility index (Phi) is 6.51. The number of nitrogens with one attached hydrogen (secondary N) is 1. The van der Waals surface area contributed by atoms with E-state index in [1.807, 2.05) is 50.2 Å². The number of hydrogen-bond donors (Lipinski definition) is 1. The molecule has 0 radical (unpaired) electrons. The molecule has 1 N–H and O–H groups in total. The predicted molar refractivity (Wildman–Crippen MR) is 117 cm³/mol. The third-order valence-corrected chi connectivity index (χ3v) is 6.07. The fourth-order valence-electron chi connectivity index (χ4n) is 4.10. The Labute approximate surface area is 174 Å². The SMILES string of the molecule is CCC(Oc1ccc(C)cc1C)C(=O)NC1CC(CC)(CC)Oc2ccccc21. The molecule has 1 aliphatic heterocycles. The molecular formula is C25H33NO3. The van der Waals surface area contributed by atoms with Crippen molar-refractivity contribution in [3.8, 4) is 11.5 Å². The first-order valence-electron chi connectivity index (χ1n) is 10.7. The number of carbonyl (C=O) groups excluding carboxylic acids is 1. The van der Waals surface area contributed by atoms with Crippen LogP contribution in [0.5, 0.6) is 11.5 Å². The van der Waals surface area contributed by atoms with Crippen LogP contribution in [0.1, 0.15) is 69.2 Å². The van der Waals surface area contributed by atoms with Gasteiger partial charge in [-0.2, -0.15) is 0 Å². The average Bonchev–Trinajstić information content (AvgIpc) is 2.73. The summed E-state index contributed by atoms with van der Waals surface area (Å²) in [5.41, 5.74) is 3.02. The summed E-state index contributed by atoms with van der Waals surface area (Å²) in [4.78, 5) is 13.1. The second-order valence-corrected chi connectivity index (χ2v) is 8.08. The van der Waals surface area contributed by atoms with Gasteiger partial charge in [-0.05, 0) is 50.8 Å². The molecule has 2 aromatic carbocycles. The van der Waals surface area contributed by atoms with Gasteiger partial charge in [0.15, 0.2) is 6.10 Å². The van der Waals surface area contributed by atoms with Crippen molar-refractivity contribution in [1.29, 1.82) is 0 Å². The van der Waals surface area contributed by atoms with Crippen LogP contribution in [0.4, 0.5) is 0 Å². The highest BCUT2D eigenvalue weighted by molar-refractivity contribution is 5.81. The van der Waals surface area contributed by atoms with Gasteiger partial charge in [-0.1, -0.05) is 56.7 Å². The maximum Gasteiger partial charge on any atom is 0.261 e. The lowest BCUT2D eigenvalue weighted by Gasteiger charge is -2.42. The third kappa shape index (κ3) is 4.58. The van der Waals surface area contributed by atoms with Gasteiger partial charge in [-0.3, -0.25) is 4.79 Å². The molecular weight excluding hydrogens is 362 g/mol. The van der Waals surface area contributed by atoms with E-state index in [2.05, 4.69) is 32.2 Å². The molecule has 29 heavy (non-hydrogen) atoms. The Morgan fingerprint density at radius 2 is 1.90 bits per heavy atom. The van der Waals surface area contributed by atoms with Crippen molar-refractivity contribution in [2.75, 3.05) is 0 Å². The minimum atomic E-state index is -0.524. The van der Waals surface area contributed by atoms with Gasteiger partial charge in [0, 0.05) is 12.0 Å². The predicted octanol–water partition coefficient (Wildman–Crippen LogP) is 5.66. The van der Waals surface area contributed by atoms with Crippen molar-refractivity contribution in [3.63, 3.8) is 0 Å². The number of amides is 1. The van der Waals surface area contributed by atoms with E-state index in [9.17, 15) is 4.79 Å². The first kappa shape index (κ1) is 21.2. The number of ether oxygens (including phenoxy) is 2. The minimum Gasteiger partial charge on any atom is -0.487 e. The Hall–Kier alpha value is -2.49. The van der Waals surface area contributed by atoms with Gasteiger partial charge in [0.2, 0.25) is 0 Å². The van der Waals surface area contributed by atoms with Gasteiger partial charge in [-0.25, -0.2) is 0 Å².